The average molecular weight is 324 g/mol. The second kappa shape index (κ2) is 7.42. The largest absolute Gasteiger partial charge is 0.381 e. The maximum atomic E-state index is 4.32. The predicted molar refractivity (Wildman–Crippen MR) is 107 cm³/mol. The van der Waals surface area contributed by atoms with E-state index >= 15 is 0 Å². The molecule has 1 nitrogen and oxygen atoms in total. The standard InChI is InChI=1S/C23H33N/c1-16-9-12-20(13-10-16)24-22(15-19(4)23(5,6)7)21-14-17(2)8-11-18(21)3/h8-9,11,14-15,20,24H,4,10,12-13H2,1-3,5-7H3/b22-15+. The molecule has 0 heterocycles. The third-order valence-electron chi connectivity index (χ3n) is 4.96. The van der Waals surface area contributed by atoms with E-state index in [-0.39, 0.29) is 5.41 Å². The van der Waals surface area contributed by atoms with Crippen LogP contribution in [0.3, 0.4) is 0 Å². The molecular weight excluding hydrogens is 290 g/mol. The van der Waals surface area contributed by atoms with Crippen LogP contribution in [0.5, 0.6) is 0 Å². The highest BCUT2D eigenvalue weighted by Crippen LogP contribution is 2.29. The van der Waals surface area contributed by atoms with Crippen molar-refractivity contribution in [1.29, 1.82) is 0 Å². The Labute approximate surface area is 148 Å². The number of hydrogen-bond acceptors (Lipinski definition) is 1. The number of allylic oxidation sites excluding steroid dienone is 3. The highest BCUT2D eigenvalue weighted by molar-refractivity contribution is 5.70. The van der Waals surface area contributed by atoms with E-state index in [4.69, 9.17) is 0 Å². The number of aryl methyl sites for hydroxylation is 2. The molecule has 1 aromatic carbocycles. The van der Waals surface area contributed by atoms with Crippen LogP contribution in [0.1, 0.15) is 63.6 Å². The summed E-state index contributed by atoms with van der Waals surface area (Å²) in [7, 11) is 0. The van der Waals surface area contributed by atoms with Crippen LogP contribution in [0.4, 0.5) is 0 Å². The molecule has 1 unspecified atom stereocenters. The first-order chi connectivity index (χ1) is 11.2. The van der Waals surface area contributed by atoms with Gasteiger partial charge in [-0.15, -0.1) is 0 Å². The summed E-state index contributed by atoms with van der Waals surface area (Å²) in [4.78, 5) is 0. The van der Waals surface area contributed by atoms with Crippen LogP contribution >= 0.6 is 0 Å². The molecule has 1 heteroatoms. The Morgan fingerprint density at radius 2 is 1.92 bits per heavy atom. The summed E-state index contributed by atoms with van der Waals surface area (Å²) in [5.74, 6) is 0. The molecule has 1 aliphatic rings. The van der Waals surface area contributed by atoms with Crippen LogP contribution in [0.2, 0.25) is 0 Å². The second-order valence-electron chi connectivity index (χ2n) is 8.32. The van der Waals surface area contributed by atoms with Crippen LogP contribution in [0, 0.1) is 19.3 Å². The molecule has 0 amide bonds. The van der Waals surface area contributed by atoms with Gasteiger partial charge in [0, 0.05) is 17.3 Å². The highest BCUT2D eigenvalue weighted by atomic mass is 14.9. The number of nitrogens with one attached hydrogen (secondary N) is 1. The van der Waals surface area contributed by atoms with Gasteiger partial charge in [-0.05, 0) is 68.7 Å². The van der Waals surface area contributed by atoms with E-state index in [1.165, 1.54) is 40.8 Å². The molecule has 1 aliphatic carbocycles. The lowest BCUT2D eigenvalue weighted by Gasteiger charge is -2.27. The van der Waals surface area contributed by atoms with Gasteiger partial charge in [-0.25, -0.2) is 0 Å². The third kappa shape index (κ3) is 4.87. The van der Waals surface area contributed by atoms with Gasteiger partial charge in [0.1, 0.15) is 0 Å². The van der Waals surface area contributed by atoms with E-state index in [1.54, 1.807) is 0 Å². The van der Waals surface area contributed by atoms with Gasteiger partial charge in [0.15, 0.2) is 0 Å². The average Bonchev–Trinajstić information content (AvgIpc) is 2.50. The molecule has 1 N–H and O–H groups in total. The fourth-order valence-electron chi connectivity index (χ4n) is 2.93. The van der Waals surface area contributed by atoms with Gasteiger partial charge in [0.05, 0.1) is 0 Å². The molecule has 0 saturated carbocycles. The molecule has 0 aliphatic heterocycles. The third-order valence-corrected chi connectivity index (χ3v) is 4.96. The molecule has 1 aromatic rings. The number of benzene rings is 1. The second-order valence-corrected chi connectivity index (χ2v) is 8.32. The molecule has 0 fully saturated rings. The van der Waals surface area contributed by atoms with Gasteiger partial charge in [0.25, 0.3) is 0 Å². The molecule has 1 atom stereocenters. The fourth-order valence-corrected chi connectivity index (χ4v) is 2.93. The van der Waals surface area contributed by atoms with E-state index in [9.17, 15) is 0 Å². The minimum absolute atomic E-state index is 0.0771. The molecule has 0 aromatic heterocycles. The Kier molecular flexibility index (Phi) is 5.74. The minimum Gasteiger partial charge on any atom is -0.381 e. The summed E-state index contributed by atoms with van der Waals surface area (Å²) in [5, 5.41) is 3.82. The Morgan fingerprint density at radius 1 is 1.21 bits per heavy atom. The van der Waals surface area contributed by atoms with E-state index in [1.807, 2.05) is 0 Å². The Bertz CT molecular complexity index is 668. The zero-order valence-electron chi connectivity index (χ0n) is 16.3. The van der Waals surface area contributed by atoms with Gasteiger partial charge in [-0.3, -0.25) is 0 Å². The van der Waals surface area contributed by atoms with Crippen molar-refractivity contribution in [2.75, 3.05) is 0 Å². The fraction of sp³-hybridized carbons (Fsp3) is 0.478. The van der Waals surface area contributed by atoms with E-state index in [0.717, 1.165) is 12.0 Å². The Balaban J connectivity index is 2.36. The normalized spacial score (nSPS) is 19.0. The molecule has 24 heavy (non-hydrogen) atoms. The van der Waals surface area contributed by atoms with Crippen molar-refractivity contribution >= 4 is 5.70 Å². The van der Waals surface area contributed by atoms with Crippen molar-refractivity contribution in [3.63, 3.8) is 0 Å². The van der Waals surface area contributed by atoms with Gasteiger partial charge in [-0.2, -0.15) is 0 Å². The van der Waals surface area contributed by atoms with Crippen molar-refractivity contribution < 1.29 is 0 Å². The van der Waals surface area contributed by atoms with Crippen molar-refractivity contribution in [2.24, 2.45) is 5.41 Å². The van der Waals surface area contributed by atoms with Crippen LogP contribution < -0.4 is 5.32 Å². The van der Waals surface area contributed by atoms with E-state index in [0.29, 0.717) is 6.04 Å². The molecule has 0 saturated heterocycles. The van der Waals surface area contributed by atoms with Gasteiger partial charge in [0.2, 0.25) is 0 Å². The highest BCUT2D eigenvalue weighted by Gasteiger charge is 2.18. The van der Waals surface area contributed by atoms with Gasteiger partial charge >= 0.3 is 0 Å². The quantitative estimate of drug-likeness (QED) is 0.504. The molecule has 130 valence electrons. The summed E-state index contributed by atoms with van der Waals surface area (Å²) in [5.41, 5.74) is 7.87. The summed E-state index contributed by atoms with van der Waals surface area (Å²) < 4.78 is 0. The molecule has 2 rings (SSSR count). The molecule has 0 bridgehead atoms. The summed E-state index contributed by atoms with van der Waals surface area (Å²) in [6, 6.07) is 7.19. The topological polar surface area (TPSA) is 12.0 Å². The first-order valence-corrected chi connectivity index (χ1v) is 9.07. The lowest BCUT2D eigenvalue weighted by molar-refractivity contribution is 0.514. The van der Waals surface area contributed by atoms with Gasteiger partial charge < -0.3 is 5.32 Å². The van der Waals surface area contributed by atoms with Crippen LogP contribution in [-0.2, 0) is 0 Å². The van der Waals surface area contributed by atoms with Gasteiger partial charge in [-0.1, -0.05) is 56.7 Å². The summed E-state index contributed by atoms with van der Waals surface area (Å²) >= 11 is 0. The number of hydrogen-bond donors (Lipinski definition) is 1. The zero-order chi connectivity index (χ0) is 17.9. The smallest absolute Gasteiger partial charge is 0.0421 e. The molecular formula is C23H33N. The van der Waals surface area contributed by atoms with Crippen molar-refractivity contribution in [3.8, 4) is 0 Å². The van der Waals surface area contributed by atoms with Crippen molar-refractivity contribution in [2.45, 2.75) is 66.8 Å². The SMILES string of the molecule is C=C(/C=C(/NC1CC=C(C)CC1)c1cc(C)ccc1C)C(C)(C)C. The van der Waals surface area contributed by atoms with Crippen LogP contribution in [0.25, 0.3) is 5.70 Å². The summed E-state index contributed by atoms with van der Waals surface area (Å²) in [6.07, 6.45) is 8.13. The lowest BCUT2D eigenvalue weighted by atomic mass is 9.86. The Hall–Kier alpha value is -1.76. The first-order valence-electron chi connectivity index (χ1n) is 9.07. The monoisotopic (exact) mass is 323 g/mol. The number of rotatable bonds is 4. The maximum Gasteiger partial charge on any atom is 0.0421 e. The maximum absolute atomic E-state index is 4.32. The van der Waals surface area contributed by atoms with E-state index < -0.39 is 0 Å². The molecule has 0 spiro atoms. The van der Waals surface area contributed by atoms with Crippen LogP contribution in [0.15, 0.2) is 48.1 Å². The lowest BCUT2D eigenvalue weighted by Crippen LogP contribution is -2.29. The van der Waals surface area contributed by atoms with E-state index in [2.05, 4.69) is 83.8 Å². The Morgan fingerprint density at radius 3 is 2.50 bits per heavy atom. The van der Waals surface area contributed by atoms with Crippen molar-refractivity contribution in [3.05, 3.63) is 64.8 Å². The first kappa shape index (κ1) is 18.6. The molecule has 0 radical (unpaired) electrons. The van der Waals surface area contributed by atoms with Crippen molar-refractivity contribution in [1.82, 2.24) is 5.32 Å². The van der Waals surface area contributed by atoms with Crippen LogP contribution in [-0.4, -0.2) is 6.04 Å². The minimum atomic E-state index is 0.0771. The predicted octanol–water partition coefficient (Wildman–Crippen LogP) is 6.34. The zero-order valence-corrected chi connectivity index (χ0v) is 16.3. The summed E-state index contributed by atoms with van der Waals surface area (Å²) in [6.45, 7) is 17.6.